The van der Waals surface area contributed by atoms with Gasteiger partial charge in [0.25, 0.3) is 5.91 Å². The third-order valence-corrected chi connectivity index (χ3v) is 6.89. The molecule has 0 saturated heterocycles. The molecule has 0 unspecified atom stereocenters. The molecule has 0 bridgehead atoms. The summed E-state index contributed by atoms with van der Waals surface area (Å²) in [4.78, 5) is 28.6. The van der Waals surface area contributed by atoms with Crippen LogP contribution in [-0.2, 0) is 6.18 Å². The summed E-state index contributed by atoms with van der Waals surface area (Å²) in [5.41, 5.74) is 2.50. The lowest BCUT2D eigenvalue weighted by atomic mass is 10.0. The monoisotopic (exact) mass is 639 g/mol. The largest absolute Gasteiger partial charge is 0.422 e. The van der Waals surface area contributed by atoms with Gasteiger partial charge in [-0.3, -0.25) is 4.79 Å². The molecule has 41 heavy (non-hydrogen) atoms. The quantitative estimate of drug-likeness (QED) is 0.0849. The Morgan fingerprint density at radius 3 is 2.41 bits per heavy atom. The number of aromatic amines is 1. The van der Waals surface area contributed by atoms with Gasteiger partial charge in [0.05, 0.1) is 27.9 Å². The molecular formula is C30H18BrClF3N3O3. The number of aromatic nitrogens is 1. The molecule has 5 aromatic rings. The Kier molecular flexibility index (Phi) is 7.96. The van der Waals surface area contributed by atoms with Gasteiger partial charge in [-0.1, -0.05) is 82.1 Å². The van der Waals surface area contributed by atoms with Gasteiger partial charge in [-0.05, 0) is 42.0 Å². The first-order chi connectivity index (χ1) is 19.6. The summed E-state index contributed by atoms with van der Waals surface area (Å²) in [6, 6.07) is 23.6. The molecule has 206 valence electrons. The number of esters is 1. The van der Waals surface area contributed by atoms with Crippen LogP contribution in [0.2, 0.25) is 5.02 Å². The molecule has 0 atom stereocenters. The molecule has 6 nitrogen and oxygen atoms in total. The lowest BCUT2D eigenvalue weighted by Gasteiger charge is -2.09. The van der Waals surface area contributed by atoms with E-state index in [9.17, 15) is 22.8 Å². The Morgan fingerprint density at radius 1 is 0.951 bits per heavy atom. The topological polar surface area (TPSA) is 83.5 Å². The third kappa shape index (κ3) is 6.03. The van der Waals surface area contributed by atoms with Crippen LogP contribution >= 0.6 is 27.5 Å². The number of hydrogen-bond acceptors (Lipinski definition) is 4. The highest BCUT2D eigenvalue weighted by Crippen LogP contribution is 2.39. The molecule has 0 saturated carbocycles. The molecule has 11 heteroatoms. The molecule has 0 spiro atoms. The highest BCUT2D eigenvalue weighted by atomic mass is 79.9. The third-order valence-electron chi connectivity index (χ3n) is 6.07. The number of carbonyl (C=O) groups excluding carboxylic acids is 2. The molecule has 2 N–H and O–H groups in total. The predicted octanol–water partition coefficient (Wildman–Crippen LogP) is 8.25. The van der Waals surface area contributed by atoms with Crippen LogP contribution in [0.1, 0.15) is 32.0 Å². The van der Waals surface area contributed by atoms with Crippen LogP contribution in [0.4, 0.5) is 13.2 Å². The number of hydrogen-bond donors (Lipinski definition) is 2. The Labute approximate surface area is 244 Å². The Bertz CT molecular complexity index is 1800. The number of nitrogens with zero attached hydrogens (tertiary/aromatic N) is 1. The number of alkyl halides is 3. The van der Waals surface area contributed by atoms with Gasteiger partial charge in [0.1, 0.15) is 11.4 Å². The number of fused-ring (bicyclic) bond motifs is 1. The van der Waals surface area contributed by atoms with Crippen molar-refractivity contribution in [3.05, 3.63) is 123 Å². The summed E-state index contributed by atoms with van der Waals surface area (Å²) in [5, 5.41) is 4.45. The van der Waals surface area contributed by atoms with E-state index in [1.807, 2.05) is 0 Å². The highest BCUT2D eigenvalue weighted by Gasteiger charge is 2.34. The van der Waals surface area contributed by atoms with Crippen molar-refractivity contribution in [3.8, 4) is 16.9 Å². The van der Waals surface area contributed by atoms with Crippen molar-refractivity contribution in [2.75, 3.05) is 0 Å². The fourth-order valence-electron chi connectivity index (χ4n) is 4.24. The van der Waals surface area contributed by atoms with Crippen molar-refractivity contribution >= 4 is 56.5 Å². The van der Waals surface area contributed by atoms with Gasteiger partial charge in [0, 0.05) is 21.0 Å². The first-order valence-electron chi connectivity index (χ1n) is 12.0. The van der Waals surface area contributed by atoms with Crippen molar-refractivity contribution in [1.82, 2.24) is 10.4 Å². The van der Waals surface area contributed by atoms with E-state index in [0.717, 1.165) is 6.07 Å². The van der Waals surface area contributed by atoms with Gasteiger partial charge in [0.2, 0.25) is 0 Å². The number of amides is 1. The molecule has 0 aliphatic rings. The van der Waals surface area contributed by atoms with E-state index in [0.29, 0.717) is 21.2 Å². The number of halogens is 5. The average molecular weight is 641 g/mol. The number of para-hydroxylation sites is 1. The smallest absolute Gasteiger partial charge is 0.418 e. The van der Waals surface area contributed by atoms with Crippen molar-refractivity contribution in [2.24, 2.45) is 5.10 Å². The minimum absolute atomic E-state index is 0.0975. The number of H-pyrrole nitrogens is 1. The van der Waals surface area contributed by atoms with Crippen LogP contribution in [0.3, 0.4) is 0 Å². The predicted molar refractivity (Wildman–Crippen MR) is 154 cm³/mol. The van der Waals surface area contributed by atoms with Gasteiger partial charge in [-0.25, -0.2) is 10.2 Å². The van der Waals surface area contributed by atoms with Crippen LogP contribution in [0.5, 0.6) is 5.75 Å². The summed E-state index contributed by atoms with van der Waals surface area (Å²) < 4.78 is 47.4. The van der Waals surface area contributed by atoms with Gasteiger partial charge in [-0.2, -0.15) is 18.3 Å². The number of hydrazone groups is 1. The fraction of sp³-hybridized carbons (Fsp3) is 0.0333. The second-order valence-corrected chi connectivity index (χ2v) is 10.0. The van der Waals surface area contributed by atoms with E-state index in [2.05, 4.69) is 31.4 Å². The molecule has 1 amide bonds. The normalized spacial score (nSPS) is 11.6. The van der Waals surface area contributed by atoms with Crippen LogP contribution in [0.15, 0.2) is 101 Å². The van der Waals surface area contributed by atoms with E-state index in [-0.39, 0.29) is 32.9 Å². The molecule has 5 rings (SSSR count). The summed E-state index contributed by atoms with van der Waals surface area (Å²) >= 11 is 9.45. The fourth-order valence-corrected chi connectivity index (χ4v) is 4.83. The zero-order valence-electron chi connectivity index (χ0n) is 20.8. The first kappa shape index (κ1) is 28.1. The molecule has 0 fully saturated rings. The number of ether oxygens (including phenoxy) is 1. The molecule has 0 aliphatic heterocycles. The van der Waals surface area contributed by atoms with E-state index in [1.54, 1.807) is 60.7 Å². The Balaban J connectivity index is 1.47. The van der Waals surface area contributed by atoms with Gasteiger partial charge < -0.3 is 9.72 Å². The van der Waals surface area contributed by atoms with Crippen molar-refractivity contribution in [2.45, 2.75) is 6.18 Å². The van der Waals surface area contributed by atoms with Crippen LogP contribution in [0, 0.1) is 0 Å². The van der Waals surface area contributed by atoms with Crippen LogP contribution in [0.25, 0.3) is 22.0 Å². The molecule has 1 aromatic heterocycles. The van der Waals surface area contributed by atoms with Crippen LogP contribution in [-0.4, -0.2) is 23.1 Å². The standard InChI is InChI=1S/C30H18BrClF3N3O3/c31-19-13-14-24(41-29(40)20-9-4-5-12-23(20)32)18(15-19)16-36-38-28(39)27-25(17-7-2-1-3-8-17)21-10-6-11-22(26(21)37-27)30(33,34)35/h1-16,37H,(H,38,39). The van der Waals surface area contributed by atoms with Crippen molar-refractivity contribution in [3.63, 3.8) is 0 Å². The highest BCUT2D eigenvalue weighted by molar-refractivity contribution is 9.10. The zero-order valence-corrected chi connectivity index (χ0v) is 23.1. The maximum Gasteiger partial charge on any atom is 0.418 e. The van der Waals surface area contributed by atoms with E-state index >= 15 is 0 Å². The lowest BCUT2D eigenvalue weighted by Crippen LogP contribution is -2.19. The molecule has 0 radical (unpaired) electrons. The minimum atomic E-state index is -4.64. The van der Waals surface area contributed by atoms with E-state index in [4.69, 9.17) is 16.3 Å². The Morgan fingerprint density at radius 2 is 1.68 bits per heavy atom. The van der Waals surface area contributed by atoms with E-state index in [1.165, 1.54) is 30.5 Å². The van der Waals surface area contributed by atoms with Gasteiger partial charge >= 0.3 is 12.1 Å². The van der Waals surface area contributed by atoms with E-state index < -0.39 is 23.6 Å². The second-order valence-electron chi connectivity index (χ2n) is 8.72. The summed E-state index contributed by atoms with van der Waals surface area (Å²) in [7, 11) is 0. The van der Waals surface area contributed by atoms with Gasteiger partial charge in [-0.15, -0.1) is 0 Å². The van der Waals surface area contributed by atoms with Gasteiger partial charge in [0.15, 0.2) is 0 Å². The average Bonchev–Trinajstić information content (AvgIpc) is 3.34. The zero-order chi connectivity index (χ0) is 29.1. The van der Waals surface area contributed by atoms with Crippen molar-refractivity contribution < 1.29 is 27.5 Å². The summed E-state index contributed by atoms with van der Waals surface area (Å²) in [6.07, 6.45) is -3.38. The molecule has 1 heterocycles. The maximum atomic E-state index is 13.8. The van der Waals surface area contributed by atoms with Crippen molar-refractivity contribution in [1.29, 1.82) is 0 Å². The lowest BCUT2D eigenvalue weighted by molar-refractivity contribution is -0.136. The second kappa shape index (κ2) is 11.6. The molecule has 0 aliphatic carbocycles. The number of nitrogens with one attached hydrogen (secondary N) is 2. The number of carbonyl (C=O) groups is 2. The molecular weight excluding hydrogens is 623 g/mol. The summed E-state index contributed by atoms with van der Waals surface area (Å²) in [5.74, 6) is -1.32. The number of rotatable bonds is 6. The van der Waals surface area contributed by atoms with Crippen LogP contribution < -0.4 is 10.2 Å². The maximum absolute atomic E-state index is 13.8. The summed E-state index contributed by atoms with van der Waals surface area (Å²) in [6.45, 7) is 0. The Hall–Kier alpha value is -4.41. The molecule has 4 aromatic carbocycles. The number of benzene rings is 4. The minimum Gasteiger partial charge on any atom is -0.422 e. The first-order valence-corrected chi connectivity index (χ1v) is 13.2. The SMILES string of the molecule is O=C(Oc1ccc(Br)cc1C=NNC(=O)c1[nH]c2c(C(F)(F)F)cccc2c1-c1ccccc1)c1ccccc1Cl.